The number of unbranched alkanes of at least 4 members (excludes halogenated alkanes) is 5. The van der Waals surface area contributed by atoms with E-state index in [0.717, 1.165) is 53.0 Å². The summed E-state index contributed by atoms with van der Waals surface area (Å²) in [5.74, 6) is 0.811. The van der Waals surface area contributed by atoms with E-state index in [2.05, 4.69) is 32.0 Å². The molecule has 1 N–H and O–H groups in total. The zero-order chi connectivity index (χ0) is 25.5. The third-order valence-corrected chi connectivity index (χ3v) is 7.02. The number of carboxylic acid groups (broad SMARTS) is 1. The number of carboxylic acids is 1. The monoisotopic (exact) mass is 499 g/mol. The van der Waals surface area contributed by atoms with Crippen LogP contribution in [0.15, 0.2) is 47.4 Å². The Labute approximate surface area is 215 Å². The van der Waals surface area contributed by atoms with E-state index in [1.165, 1.54) is 19.3 Å². The molecule has 192 valence electrons. The number of amides is 1. The molecule has 0 atom stereocenters. The molecule has 0 fully saturated rings. The molecule has 2 aromatic rings. The van der Waals surface area contributed by atoms with Crippen molar-refractivity contribution in [1.82, 2.24) is 4.90 Å². The lowest BCUT2D eigenvalue weighted by Gasteiger charge is -2.17. The van der Waals surface area contributed by atoms with Gasteiger partial charge in [-0.05, 0) is 48.6 Å². The second-order valence-corrected chi connectivity index (χ2v) is 10.0. The lowest BCUT2D eigenvalue weighted by Crippen LogP contribution is -2.25. The summed E-state index contributed by atoms with van der Waals surface area (Å²) in [6.07, 6.45) is 8.97. The minimum Gasteiger partial charge on any atom is -0.493 e. The first-order valence-corrected chi connectivity index (χ1v) is 13.9. The average Bonchev–Trinajstić information content (AvgIpc) is 2.86. The van der Waals surface area contributed by atoms with Crippen LogP contribution in [0.4, 0.5) is 0 Å². The van der Waals surface area contributed by atoms with Crippen molar-refractivity contribution in [3.8, 4) is 16.9 Å². The zero-order valence-electron chi connectivity index (χ0n) is 21.6. The van der Waals surface area contributed by atoms with Crippen LogP contribution in [0, 0.1) is 0 Å². The first-order valence-electron chi connectivity index (χ1n) is 12.9. The summed E-state index contributed by atoms with van der Waals surface area (Å²) in [4.78, 5) is 26.3. The Balaban J connectivity index is 2.04. The highest BCUT2D eigenvalue weighted by molar-refractivity contribution is 7.99. The molecule has 0 aliphatic carbocycles. The number of nitrogens with zero attached hydrogens (tertiary/aromatic N) is 1. The van der Waals surface area contributed by atoms with Gasteiger partial charge in [0.05, 0.1) is 12.5 Å². The van der Waals surface area contributed by atoms with E-state index in [1.54, 1.807) is 11.8 Å². The highest BCUT2D eigenvalue weighted by atomic mass is 32.2. The molecule has 6 heteroatoms. The number of thioether (sulfide) groups is 1. The molecule has 0 spiro atoms. The molecule has 0 unspecified atom stereocenters. The van der Waals surface area contributed by atoms with Crippen molar-refractivity contribution >= 4 is 23.6 Å². The third-order valence-electron chi connectivity index (χ3n) is 5.92. The second kappa shape index (κ2) is 16.2. The molecule has 0 heterocycles. The topological polar surface area (TPSA) is 66.8 Å². The fourth-order valence-electron chi connectivity index (χ4n) is 3.73. The van der Waals surface area contributed by atoms with E-state index in [0.29, 0.717) is 25.3 Å². The van der Waals surface area contributed by atoms with Gasteiger partial charge < -0.3 is 14.7 Å². The quantitative estimate of drug-likeness (QED) is 0.139. The Kier molecular flexibility index (Phi) is 13.4. The van der Waals surface area contributed by atoms with Crippen LogP contribution in [0.5, 0.6) is 5.75 Å². The lowest BCUT2D eigenvalue weighted by molar-refractivity contribution is -0.137. The maximum absolute atomic E-state index is 12.4. The predicted octanol–water partition coefficient (Wildman–Crippen LogP) is 7.42. The van der Waals surface area contributed by atoms with E-state index < -0.39 is 5.97 Å². The fraction of sp³-hybridized carbons (Fsp3) is 0.517. The number of hydrogen-bond acceptors (Lipinski definition) is 4. The number of hydrogen-bond donors (Lipinski definition) is 1. The molecular formula is C29H41NO4S. The fourth-order valence-corrected chi connectivity index (χ4v) is 4.60. The van der Waals surface area contributed by atoms with Gasteiger partial charge in [-0.15, -0.1) is 11.8 Å². The van der Waals surface area contributed by atoms with Gasteiger partial charge in [-0.25, -0.2) is 0 Å². The van der Waals surface area contributed by atoms with Crippen LogP contribution in [0.25, 0.3) is 11.1 Å². The molecule has 5 nitrogen and oxygen atoms in total. The number of ether oxygens (including phenoxy) is 1. The van der Waals surface area contributed by atoms with E-state index in [1.807, 2.05) is 36.2 Å². The van der Waals surface area contributed by atoms with Crippen LogP contribution >= 0.6 is 11.8 Å². The van der Waals surface area contributed by atoms with Crippen molar-refractivity contribution in [2.24, 2.45) is 0 Å². The zero-order valence-corrected chi connectivity index (χ0v) is 22.4. The maximum atomic E-state index is 12.4. The molecule has 0 aromatic heterocycles. The normalized spacial score (nSPS) is 10.8. The Bertz CT molecular complexity index is 931. The summed E-state index contributed by atoms with van der Waals surface area (Å²) < 4.78 is 6.10. The number of benzene rings is 2. The van der Waals surface area contributed by atoms with Crippen molar-refractivity contribution in [3.63, 3.8) is 0 Å². The van der Waals surface area contributed by atoms with Gasteiger partial charge in [0.2, 0.25) is 5.91 Å². The highest BCUT2D eigenvalue weighted by Crippen LogP contribution is 2.34. The molecule has 2 rings (SSSR count). The van der Waals surface area contributed by atoms with Gasteiger partial charge >= 0.3 is 5.97 Å². The van der Waals surface area contributed by atoms with Crippen LogP contribution in [0.3, 0.4) is 0 Å². The lowest BCUT2D eigenvalue weighted by atomic mass is 10.0. The Morgan fingerprint density at radius 1 is 0.943 bits per heavy atom. The van der Waals surface area contributed by atoms with Gasteiger partial charge in [0.25, 0.3) is 0 Å². The van der Waals surface area contributed by atoms with Crippen molar-refractivity contribution in [3.05, 3.63) is 48.0 Å². The van der Waals surface area contributed by atoms with Crippen molar-refractivity contribution < 1.29 is 19.4 Å². The minimum atomic E-state index is -0.799. The Hall–Kier alpha value is -2.47. The van der Waals surface area contributed by atoms with Gasteiger partial charge in [-0.1, -0.05) is 70.2 Å². The van der Waals surface area contributed by atoms with Crippen molar-refractivity contribution in [2.75, 3.05) is 19.5 Å². The van der Waals surface area contributed by atoms with Crippen molar-refractivity contribution in [2.45, 2.75) is 83.0 Å². The van der Waals surface area contributed by atoms with E-state index >= 15 is 0 Å². The predicted molar refractivity (Wildman–Crippen MR) is 145 cm³/mol. The van der Waals surface area contributed by atoms with Crippen LogP contribution in [0.1, 0.15) is 77.2 Å². The molecule has 0 aliphatic heterocycles. The summed E-state index contributed by atoms with van der Waals surface area (Å²) in [7, 11) is 1.88. The van der Waals surface area contributed by atoms with Gasteiger partial charge in [-0.3, -0.25) is 9.59 Å². The molecule has 0 aliphatic rings. The van der Waals surface area contributed by atoms with E-state index in [9.17, 15) is 9.59 Å². The first kappa shape index (κ1) is 28.8. The number of rotatable bonds is 17. The standard InChI is InChI=1S/C29H41NO4S/c1-4-6-8-9-10-14-28(31)30(3)22-35-25-13-11-12-24(21-25)26-17-15-23(16-18-29(32)33)20-27(26)34-19-7-5-2/h11-13,15,17,20-21H,4-10,14,16,18-19,22H2,1-3H3,(H,32,33). The molecule has 0 saturated heterocycles. The Morgan fingerprint density at radius 2 is 1.71 bits per heavy atom. The van der Waals surface area contributed by atoms with Gasteiger partial charge in [0.1, 0.15) is 5.75 Å². The minimum absolute atomic E-state index is 0.102. The summed E-state index contributed by atoms with van der Waals surface area (Å²) in [6.45, 7) is 4.96. The van der Waals surface area contributed by atoms with Crippen molar-refractivity contribution in [1.29, 1.82) is 0 Å². The van der Waals surface area contributed by atoms with Crippen LogP contribution in [-0.2, 0) is 16.0 Å². The second-order valence-electron chi connectivity index (χ2n) is 8.98. The molecule has 1 amide bonds. The maximum Gasteiger partial charge on any atom is 0.303 e. The van der Waals surface area contributed by atoms with Crippen LogP contribution < -0.4 is 4.74 Å². The van der Waals surface area contributed by atoms with Gasteiger partial charge in [0.15, 0.2) is 0 Å². The average molecular weight is 500 g/mol. The third kappa shape index (κ3) is 10.8. The van der Waals surface area contributed by atoms with E-state index in [4.69, 9.17) is 9.84 Å². The number of carbonyl (C=O) groups excluding carboxylic acids is 1. The summed E-state index contributed by atoms with van der Waals surface area (Å²) in [6, 6.07) is 14.3. The largest absolute Gasteiger partial charge is 0.493 e. The SMILES string of the molecule is CCCCCCCC(=O)N(C)CSc1cccc(-c2ccc(CCC(=O)O)cc2OCCCC)c1. The molecule has 35 heavy (non-hydrogen) atoms. The smallest absolute Gasteiger partial charge is 0.303 e. The van der Waals surface area contributed by atoms with Crippen LogP contribution in [0.2, 0.25) is 0 Å². The number of carbonyl (C=O) groups is 2. The molecular weight excluding hydrogens is 458 g/mol. The first-order chi connectivity index (χ1) is 16.9. The van der Waals surface area contributed by atoms with Gasteiger partial charge in [0, 0.05) is 30.3 Å². The molecule has 0 bridgehead atoms. The Morgan fingerprint density at radius 3 is 2.46 bits per heavy atom. The summed E-state index contributed by atoms with van der Waals surface area (Å²) in [5, 5.41) is 9.02. The molecule has 0 radical (unpaired) electrons. The highest BCUT2D eigenvalue weighted by Gasteiger charge is 2.12. The molecule has 0 saturated carbocycles. The number of aryl methyl sites for hydroxylation is 1. The van der Waals surface area contributed by atoms with E-state index in [-0.39, 0.29) is 12.3 Å². The number of aliphatic carboxylic acids is 1. The van der Waals surface area contributed by atoms with Gasteiger partial charge in [-0.2, -0.15) is 0 Å². The molecule has 2 aromatic carbocycles. The summed E-state index contributed by atoms with van der Waals surface area (Å²) in [5.41, 5.74) is 3.01. The summed E-state index contributed by atoms with van der Waals surface area (Å²) >= 11 is 1.65. The van der Waals surface area contributed by atoms with Crippen LogP contribution in [-0.4, -0.2) is 41.4 Å².